The molecule has 1 heterocycles. The van der Waals surface area contributed by atoms with Crippen LogP contribution in [0.25, 0.3) is 0 Å². The predicted octanol–water partition coefficient (Wildman–Crippen LogP) is 2.93. The number of morpholine rings is 1. The minimum atomic E-state index is -0.455. The molecule has 0 bridgehead atoms. The van der Waals surface area contributed by atoms with E-state index in [1.807, 2.05) is 43.3 Å². The average molecular weight is 426 g/mol. The Kier molecular flexibility index (Phi) is 8.44. The van der Waals surface area contributed by atoms with Gasteiger partial charge in [0.25, 0.3) is 0 Å². The molecule has 2 aromatic carbocycles. The highest BCUT2D eigenvalue weighted by atomic mass is 16.5. The Morgan fingerprint density at radius 3 is 2.32 bits per heavy atom. The van der Waals surface area contributed by atoms with Gasteiger partial charge in [-0.05, 0) is 23.6 Å². The van der Waals surface area contributed by atoms with Crippen LogP contribution < -0.4 is 10.6 Å². The molecular formula is C24H31N3O4. The van der Waals surface area contributed by atoms with Crippen LogP contribution in [0.3, 0.4) is 0 Å². The number of methoxy groups -OCH3 is 1. The minimum absolute atomic E-state index is 0.0726. The van der Waals surface area contributed by atoms with Crippen molar-refractivity contribution in [2.24, 2.45) is 0 Å². The first-order valence-corrected chi connectivity index (χ1v) is 10.6. The number of nitrogens with one attached hydrogen (secondary N) is 2. The molecule has 1 aliphatic rings. The first kappa shape index (κ1) is 22.8. The third-order valence-electron chi connectivity index (χ3n) is 5.37. The Morgan fingerprint density at radius 1 is 1.03 bits per heavy atom. The Morgan fingerprint density at radius 2 is 1.68 bits per heavy atom. The Bertz CT molecular complexity index is 846. The second-order valence-electron chi connectivity index (χ2n) is 7.78. The van der Waals surface area contributed by atoms with Gasteiger partial charge in [0.1, 0.15) is 0 Å². The van der Waals surface area contributed by atoms with E-state index in [0.29, 0.717) is 6.54 Å². The van der Waals surface area contributed by atoms with Gasteiger partial charge in [-0.3, -0.25) is 9.69 Å². The molecule has 31 heavy (non-hydrogen) atoms. The Labute approximate surface area is 183 Å². The smallest absolute Gasteiger partial charge is 0.315 e. The zero-order valence-corrected chi connectivity index (χ0v) is 18.2. The summed E-state index contributed by atoms with van der Waals surface area (Å²) in [6.45, 7) is 6.79. The van der Waals surface area contributed by atoms with E-state index in [2.05, 4.69) is 27.7 Å². The summed E-state index contributed by atoms with van der Waals surface area (Å²) in [5.74, 6) is -0.373. The molecule has 0 saturated carbocycles. The Balaban J connectivity index is 1.52. The fourth-order valence-electron chi connectivity index (χ4n) is 3.47. The van der Waals surface area contributed by atoms with Crippen molar-refractivity contribution in [2.75, 3.05) is 33.4 Å². The number of urea groups is 1. The van der Waals surface area contributed by atoms with Gasteiger partial charge >= 0.3 is 12.0 Å². The summed E-state index contributed by atoms with van der Waals surface area (Å²) >= 11 is 0. The van der Waals surface area contributed by atoms with Gasteiger partial charge in [-0.1, -0.05) is 54.1 Å². The predicted molar refractivity (Wildman–Crippen MR) is 118 cm³/mol. The summed E-state index contributed by atoms with van der Waals surface area (Å²) in [4.78, 5) is 26.6. The summed E-state index contributed by atoms with van der Waals surface area (Å²) in [6, 6.07) is 15.2. The number of nitrogens with zero attached hydrogens (tertiary/aromatic N) is 1. The highest BCUT2D eigenvalue weighted by molar-refractivity contribution is 5.76. The largest absolute Gasteiger partial charge is 0.469 e. The van der Waals surface area contributed by atoms with Gasteiger partial charge < -0.3 is 20.1 Å². The molecule has 3 rings (SSSR count). The molecule has 0 aliphatic carbocycles. The van der Waals surface area contributed by atoms with Crippen molar-refractivity contribution in [1.29, 1.82) is 0 Å². The third-order valence-corrected chi connectivity index (χ3v) is 5.37. The summed E-state index contributed by atoms with van der Waals surface area (Å²) < 4.78 is 10.2. The number of benzene rings is 2. The highest BCUT2D eigenvalue weighted by Crippen LogP contribution is 2.18. The van der Waals surface area contributed by atoms with Gasteiger partial charge in [-0.25, -0.2) is 4.79 Å². The number of hydrogen-bond acceptors (Lipinski definition) is 5. The molecule has 2 N–H and O–H groups in total. The lowest BCUT2D eigenvalue weighted by Gasteiger charge is -2.26. The summed E-state index contributed by atoms with van der Waals surface area (Å²) in [5, 5.41) is 5.76. The minimum Gasteiger partial charge on any atom is -0.469 e. The molecular weight excluding hydrogens is 394 g/mol. The van der Waals surface area contributed by atoms with Gasteiger partial charge in [-0.2, -0.15) is 0 Å². The van der Waals surface area contributed by atoms with Crippen LogP contribution in [0.1, 0.15) is 34.7 Å². The number of amides is 2. The molecule has 0 spiro atoms. The van der Waals surface area contributed by atoms with Crippen molar-refractivity contribution in [3.8, 4) is 0 Å². The maximum atomic E-state index is 12.5. The van der Waals surface area contributed by atoms with Crippen LogP contribution in [0, 0.1) is 6.92 Å². The fourth-order valence-corrected chi connectivity index (χ4v) is 3.47. The van der Waals surface area contributed by atoms with Gasteiger partial charge in [0, 0.05) is 26.2 Å². The second kappa shape index (κ2) is 11.5. The van der Waals surface area contributed by atoms with E-state index in [0.717, 1.165) is 49.5 Å². The average Bonchev–Trinajstić information content (AvgIpc) is 2.79. The summed E-state index contributed by atoms with van der Waals surface area (Å²) in [7, 11) is 1.34. The molecule has 2 amide bonds. The monoisotopic (exact) mass is 425 g/mol. The number of hydrogen-bond donors (Lipinski definition) is 2. The lowest BCUT2D eigenvalue weighted by Crippen LogP contribution is -2.38. The van der Waals surface area contributed by atoms with Crippen LogP contribution in [0.2, 0.25) is 0 Å². The van der Waals surface area contributed by atoms with E-state index in [4.69, 9.17) is 9.47 Å². The number of rotatable bonds is 8. The van der Waals surface area contributed by atoms with Crippen LogP contribution in [0.5, 0.6) is 0 Å². The van der Waals surface area contributed by atoms with Gasteiger partial charge in [-0.15, -0.1) is 0 Å². The van der Waals surface area contributed by atoms with Crippen molar-refractivity contribution in [3.63, 3.8) is 0 Å². The molecule has 1 fully saturated rings. The molecule has 2 aromatic rings. The first-order chi connectivity index (χ1) is 15.0. The molecule has 1 aliphatic heterocycles. The van der Waals surface area contributed by atoms with Gasteiger partial charge in [0.15, 0.2) is 0 Å². The maximum Gasteiger partial charge on any atom is 0.315 e. The van der Waals surface area contributed by atoms with E-state index in [1.165, 1.54) is 12.7 Å². The first-order valence-electron chi connectivity index (χ1n) is 10.6. The van der Waals surface area contributed by atoms with Crippen LogP contribution in [-0.2, 0) is 27.4 Å². The molecule has 1 saturated heterocycles. The van der Waals surface area contributed by atoms with Crippen LogP contribution in [0.4, 0.5) is 4.79 Å². The Hall–Kier alpha value is -2.90. The molecule has 7 heteroatoms. The number of carbonyl (C=O) groups excluding carboxylic acids is 2. The maximum absolute atomic E-state index is 12.5. The topological polar surface area (TPSA) is 79.9 Å². The molecule has 7 nitrogen and oxygen atoms in total. The van der Waals surface area contributed by atoms with E-state index < -0.39 is 6.04 Å². The summed E-state index contributed by atoms with van der Waals surface area (Å²) in [6.07, 6.45) is 0.0726. The van der Waals surface area contributed by atoms with Crippen molar-refractivity contribution < 1.29 is 19.1 Å². The molecule has 166 valence electrons. The lowest BCUT2D eigenvalue weighted by atomic mass is 10.0. The van der Waals surface area contributed by atoms with Crippen molar-refractivity contribution in [3.05, 3.63) is 70.8 Å². The quantitative estimate of drug-likeness (QED) is 0.636. The zero-order valence-electron chi connectivity index (χ0n) is 18.2. The van der Waals surface area contributed by atoms with Crippen molar-refractivity contribution in [1.82, 2.24) is 15.5 Å². The van der Waals surface area contributed by atoms with E-state index in [1.54, 1.807) is 0 Å². The van der Waals surface area contributed by atoms with Crippen LogP contribution in [-0.4, -0.2) is 50.3 Å². The normalized spacial score (nSPS) is 15.2. The molecule has 0 unspecified atom stereocenters. The van der Waals surface area contributed by atoms with E-state index in [-0.39, 0.29) is 18.4 Å². The van der Waals surface area contributed by atoms with Gasteiger partial charge in [0.05, 0.1) is 32.8 Å². The highest BCUT2D eigenvalue weighted by Gasteiger charge is 2.19. The number of aryl methyl sites for hydroxylation is 1. The van der Waals surface area contributed by atoms with Crippen molar-refractivity contribution >= 4 is 12.0 Å². The van der Waals surface area contributed by atoms with Crippen LogP contribution >= 0.6 is 0 Å². The zero-order chi connectivity index (χ0) is 22.1. The third kappa shape index (κ3) is 7.38. The van der Waals surface area contributed by atoms with E-state index >= 15 is 0 Å². The SMILES string of the molecule is COC(=O)C[C@H](NC(=O)NCc1ccc(CN2CCOCC2)cc1)c1ccc(C)cc1. The standard InChI is InChI=1S/C24H31N3O4/c1-18-3-9-21(10-4-18)22(15-23(28)30-2)26-24(29)25-16-19-5-7-20(8-6-19)17-27-11-13-31-14-12-27/h3-10,22H,11-17H2,1-2H3,(H2,25,26,29)/t22-/m0/s1. The number of carbonyl (C=O) groups is 2. The molecule has 0 radical (unpaired) electrons. The lowest BCUT2D eigenvalue weighted by molar-refractivity contribution is -0.141. The molecule has 1 atom stereocenters. The molecule has 0 aromatic heterocycles. The van der Waals surface area contributed by atoms with Crippen LogP contribution in [0.15, 0.2) is 48.5 Å². The van der Waals surface area contributed by atoms with Crippen molar-refractivity contribution in [2.45, 2.75) is 32.5 Å². The summed E-state index contributed by atoms with van der Waals surface area (Å²) in [5.41, 5.74) is 4.23. The second-order valence-corrected chi connectivity index (χ2v) is 7.78. The fraction of sp³-hybridized carbons (Fsp3) is 0.417. The van der Waals surface area contributed by atoms with E-state index in [9.17, 15) is 9.59 Å². The number of esters is 1. The number of ether oxygens (including phenoxy) is 2. The van der Waals surface area contributed by atoms with Gasteiger partial charge in [0.2, 0.25) is 0 Å².